The molecule has 2 amide bonds. The Bertz CT molecular complexity index is 387. The molecule has 1 fully saturated rings. The van der Waals surface area contributed by atoms with Crippen LogP contribution in [-0.2, 0) is 19.2 Å². The van der Waals surface area contributed by atoms with Gasteiger partial charge in [0.25, 0.3) is 11.8 Å². The third-order valence-electron chi connectivity index (χ3n) is 2.94. The van der Waals surface area contributed by atoms with Gasteiger partial charge in [0, 0.05) is 6.42 Å². The van der Waals surface area contributed by atoms with Gasteiger partial charge >= 0.3 is 5.97 Å². The molecule has 0 N–H and O–H groups in total. The second-order valence-corrected chi connectivity index (χ2v) is 6.78. The summed E-state index contributed by atoms with van der Waals surface area (Å²) in [5.41, 5.74) is -1.07. The topological polar surface area (TPSA) is 63.7 Å². The molecule has 1 heterocycles. The molecule has 0 aliphatic carbocycles. The molecule has 0 radical (unpaired) electrons. The van der Waals surface area contributed by atoms with Gasteiger partial charge in [0.05, 0.1) is 11.3 Å². The van der Waals surface area contributed by atoms with Crippen molar-refractivity contribution in [3.63, 3.8) is 0 Å². The Balaban J connectivity index is 2.84. The standard InChI is InChI=1S/C13H21NO4/c1-12(2,3)8-7-9(15)14(10(8)16)18-11(17)13(4,5)6/h8H,7H2,1-6H3. The van der Waals surface area contributed by atoms with E-state index in [9.17, 15) is 14.4 Å². The van der Waals surface area contributed by atoms with Crippen molar-refractivity contribution in [1.29, 1.82) is 0 Å². The minimum atomic E-state index is -0.750. The summed E-state index contributed by atoms with van der Waals surface area (Å²) in [5.74, 6) is -1.89. The van der Waals surface area contributed by atoms with E-state index < -0.39 is 29.1 Å². The van der Waals surface area contributed by atoms with E-state index in [0.717, 1.165) is 0 Å². The van der Waals surface area contributed by atoms with Crippen LogP contribution in [0.25, 0.3) is 0 Å². The van der Waals surface area contributed by atoms with Gasteiger partial charge in [0.2, 0.25) is 0 Å². The Morgan fingerprint density at radius 3 is 2.00 bits per heavy atom. The van der Waals surface area contributed by atoms with Gasteiger partial charge in [-0.25, -0.2) is 4.79 Å². The molecule has 102 valence electrons. The summed E-state index contributed by atoms with van der Waals surface area (Å²) in [5, 5.41) is 0.628. The SMILES string of the molecule is CC(C)(C)C(=O)ON1C(=O)CC(C(C)(C)C)C1=O. The Morgan fingerprint density at radius 1 is 1.17 bits per heavy atom. The fraction of sp³-hybridized carbons (Fsp3) is 0.769. The molecule has 0 saturated carbocycles. The quantitative estimate of drug-likeness (QED) is 0.671. The first kappa shape index (κ1) is 14.7. The summed E-state index contributed by atoms with van der Waals surface area (Å²) in [6.07, 6.45) is 0.0970. The van der Waals surface area contributed by atoms with Crippen LogP contribution >= 0.6 is 0 Å². The minimum Gasteiger partial charge on any atom is -0.330 e. The van der Waals surface area contributed by atoms with Crippen LogP contribution in [0.3, 0.4) is 0 Å². The zero-order chi connectivity index (χ0) is 14.3. The Labute approximate surface area is 107 Å². The number of carbonyl (C=O) groups excluding carboxylic acids is 3. The van der Waals surface area contributed by atoms with Gasteiger partial charge in [-0.3, -0.25) is 9.59 Å². The maximum Gasteiger partial charge on any atom is 0.338 e. The fourth-order valence-corrected chi connectivity index (χ4v) is 1.60. The second-order valence-electron chi connectivity index (χ2n) is 6.78. The van der Waals surface area contributed by atoms with Crippen LogP contribution in [0.5, 0.6) is 0 Å². The van der Waals surface area contributed by atoms with E-state index in [-0.39, 0.29) is 11.8 Å². The van der Waals surface area contributed by atoms with Crippen molar-refractivity contribution in [1.82, 2.24) is 5.06 Å². The smallest absolute Gasteiger partial charge is 0.330 e. The number of nitrogens with zero attached hydrogens (tertiary/aromatic N) is 1. The highest BCUT2D eigenvalue weighted by molar-refractivity contribution is 6.03. The van der Waals surface area contributed by atoms with E-state index in [2.05, 4.69) is 0 Å². The number of carbonyl (C=O) groups is 3. The lowest BCUT2D eigenvalue weighted by Crippen LogP contribution is -2.39. The summed E-state index contributed by atoms with van der Waals surface area (Å²) < 4.78 is 0. The summed E-state index contributed by atoms with van der Waals surface area (Å²) in [7, 11) is 0. The predicted octanol–water partition coefficient (Wildman–Crippen LogP) is 1.91. The first-order valence-electron chi connectivity index (χ1n) is 6.04. The van der Waals surface area contributed by atoms with Gasteiger partial charge in [0.15, 0.2) is 0 Å². The maximum absolute atomic E-state index is 12.1. The molecule has 1 rings (SSSR count). The molecule has 5 heteroatoms. The van der Waals surface area contributed by atoms with E-state index in [4.69, 9.17) is 4.84 Å². The molecule has 1 saturated heterocycles. The third kappa shape index (κ3) is 2.89. The molecule has 5 nitrogen and oxygen atoms in total. The molecule has 0 bridgehead atoms. The first-order valence-corrected chi connectivity index (χ1v) is 6.04. The molecule has 1 aliphatic heterocycles. The lowest BCUT2D eigenvalue weighted by molar-refractivity contribution is -0.204. The van der Waals surface area contributed by atoms with E-state index in [0.29, 0.717) is 5.06 Å². The number of amides is 2. The van der Waals surface area contributed by atoms with Crippen LogP contribution in [0.2, 0.25) is 0 Å². The summed E-state index contributed by atoms with van der Waals surface area (Å²) in [6, 6.07) is 0. The lowest BCUT2D eigenvalue weighted by atomic mass is 9.80. The van der Waals surface area contributed by atoms with Gasteiger partial charge in [-0.15, -0.1) is 5.06 Å². The maximum atomic E-state index is 12.1. The third-order valence-corrected chi connectivity index (χ3v) is 2.94. The van der Waals surface area contributed by atoms with Crippen molar-refractivity contribution >= 4 is 17.8 Å². The van der Waals surface area contributed by atoms with Crippen molar-refractivity contribution in [2.45, 2.75) is 48.0 Å². The Hall–Kier alpha value is -1.39. The number of rotatable bonds is 1. The minimum absolute atomic E-state index is 0.0970. The van der Waals surface area contributed by atoms with Gasteiger partial charge < -0.3 is 4.84 Å². The van der Waals surface area contributed by atoms with Crippen molar-refractivity contribution in [3.05, 3.63) is 0 Å². The monoisotopic (exact) mass is 255 g/mol. The van der Waals surface area contributed by atoms with Crippen molar-refractivity contribution in [3.8, 4) is 0 Å². The fourth-order valence-electron chi connectivity index (χ4n) is 1.60. The predicted molar refractivity (Wildman–Crippen MR) is 65.0 cm³/mol. The van der Waals surface area contributed by atoms with E-state index >= 15 is 0 Å². The molecular formula is C13H21NO4. The lowest BCUT2D eigenvalue weighted by Gasteiger charge is -2.25. The van der Waals surface area contributed by atoms with Crippen molar-refractivity contribution in [2.75, 3.05) is 0 Å². The highest BCUT2D eigenvalue weighted by atomic mass is 16.7. The van der Waals surface area contributed by atoms with E-state index in [1.165, 1.54) is 0 Å². The molecule has 0 aromatic carbocycles. The number of hydrogen-bond donors (Lipinski definition) is 0. The average molecular weight is 255 g/mol. The van der Waals surface area contributed by atoms with Crippen molar-refractivity contribution in [2.24, 2.45) is 16.7 Å². The molecule has 1 atom stereocenters. The van der Waals surface area contributed by atoms with Crippen LogP contribution in [0, 0.1) is 16.7 Å². The summed E-state index contributed by atoms with van der Waals surface area (Å²) in [4.78, 5) is 40.4. The zero-order valence-corrected chi connectivity index (χ0v) is 11.9. The Morgan fingerprint density at radius 2 is 1.67 bits per heavy atom. The molecule has 1 unspecified atom stereocenters. The van der Waals surface area contributed by atoms with Crippen LogP contribution in [0.15, 0.2) is 0 Å². The number of hydroxylamine groups is 2. The van der Waals surface area contributed by atoms with Crippen LogP contribution in [0.1, 0.15) is 48.0 Å². The van der Waals surface area contributed by atoms with E-state index in [1.807, 2.05) is 20.8 Å². The highest BCUT2D eigenvalue weighted by Crippen LogP contribution is 2.35. The van der Waals surface area contributed by atoms with Crippen LogP contribution in [0.4, 0.5) is 0 Å². The molecule has 0 aromatic heterocycles. The molecule has 1 aliphatic rings. The average Bonchev–Trinajstić information content (AvgIpc) is 2.43. The number of imide groups is 1. The Kier molecular flexibility index (Phi) is 3.56. The first-order chi connectivity index (χ1) is 7.94. The highest BCUT2D eigenvalue weighted by Gasteiger charge is 2.47. The second kappa shape index (κ2) is 4.37. The van der Waals surface area contributed by atoms with Gasteiger partial charge in [0.1, 0.15) is 0 Å². The number of hydrogen-bond acceptors (Lipinski definition) is 4. The molecular weight excluding hydrogens is 234 g/mol. The van der Waals surface area contributed by atoms with Crippen LogP contribution in [-0.4, -0.2) is 22.8 Å². The normalized spacial score (nSPS) is 21.4. The molecule has 0 spiro atoms. The largest absolute Gasteiger partial charge is 0.338 e. The summed E-state index contributed by atoms with van der Waals surface area (Å²) in [6.45, 7) is 10.7. The molecule has 18 heavy (non-hydrogen) atoms. The van der Waals surface area contributed by atoms with Crippen LogP contribution < -0.4 is 0 Å². The van der Waals surface area contributed by atoms with Crippen molar-refractivity contribution < 1.29 is 19.2 Å². The van der Waals surface area contributed by atoms with Gasteiger partial charge in [-0.2, -0.15) is 0 Å². The zero-order valence-electron chi connectivity index (χ0n) is 11.9. The molecule has 0 aromatic rings. The van der Waals surface area contributed by atoms with Gasteiger partial charge in [-0.05, 0) is 26.2 Å². The summed E-state index contributed by atoms with van der Waals surface area (Å²) >= 11 is 0. The van der Waals surface area contributed by atoms with Gasteiger partial charge in [-0.1, -0.05) is 20.8 Å². The van der Waals surface area contributed by atoms with E-state index in [1.54, 1.807) is 20.8 Å².